The largest absolute Gasteiger partial charge is 0.309 e. The molecule has 0 aromatic carbocycles. The predicted molar refractivity (Wildman–Crippen MR) is 75.0 cm³/mol. The minimum absolute atomic E-state index is 0.00815. The van der Waals surface area contributed by atoms with Gasteiger partial charge in [0.1, 0.15) is 10.3 Å². The van der Waals surface area contributed by atoms with Crippen LogP contribution in [0.2, 0.25) is 0 Å². The molecule has 4 heteroatoms. The highest BCUT2D eigenvalue weighted by Gasteiger charge is 2.26. The Bertz CT molecular complexity index is 485. The lowest BCUT2D eigenvalue weighted by Crippen LogP contribution is -2.18. The zero-order chi connectivity index (χ0) is 12.5. The lowest BCUT2D eigenvalue weighted by Gasteiger charge is -2.14. The molecular weight excluding hydrogens is 292 g/mol. The van der Waals surface area contributed by atoms with E-state index in [0.29, 0.717) is 16.3 Å². The molecule has 0 unspecified atom stereocenters. The van der Waals surface area contributed by atoms with Crippen molar-refractivity contribution in [1.82, 2.24) is 9.97 Å². The number of H-pyrrole nitrogens is 1. The number of halogens is 1. The van der Waals surface area contributed by atoms with E-state index in [1.807, 2.05) is 0 Å². The monoisotopic (exact) mass is 310 g/mol. The summed E-state index contributed by atoms with van der Waals surface area (Å²) < 4.78 is 0.663. The molecule has 3 nitrogen and oxygen atoms in total. The molecule has 98 valence electrons. The van der Waals surface area contributed by atoms with Crippen molar-refractivity contribution in [3.63, 3.8) is 0 Å². The van der Waals surface area contributed by atoms with Gasteiger partial charge in [0, 0.05) is 11.8 Å². The van der Waals surface area contributed by atoms with Crippen LogP contribution in [0.4, 0.5) is 0 Å². The molecule has 18 heavy (non-hydrogen) atoms. The number of rotatable bonds is 2. The predicted octanol–water partition coefficient (Wildman–Crippen LogP) is 3.85. The molecule has 2 fully saturated rings. The van der Waals surface area contributed by atoms with Gasteiger partial charge in [-0.2, -0.15) is 0 Å². The van der Waals surface area contributed by atoms with Crippen molar-refractivity contribution in [2.45, 2.75) is 63.2 Å². The first-order valence-corrected chi connectivity index (χ1v) is 7.84. The van der Waals surface area contributed by atoms with E-state index in [4.69, 9.17) is 4.98 Å². The highest BCUT2D eigenvalue weighted by atomic mass is 79.9. The number of nitrogens with one attached hydrogen (secondary N) is 1. The minimum Gasteiger partial charge on any atom is -0.309 e. The second-order valence-corrected chi connectivity index (χ2v) is 6.41. The molecule has 0 atom stereocenters. The molecule has 0 amide bonds. The number of aromatic nitrogens is 2. The van der Waals surface area contributed by atoms with Crippen molar-refractivity contribution in [3.05, 3.63) is 26.3 Å². The van der Waals surface area contributed by atoms with Crippen LogP contribution in [0, 0.1) is 0 Å². The third-order valence-corrected chi connectivity index (χ3v) is 5.16. The third kappa shape index (κ3) is 2.27. The molecule has 0 spiro atoms. The normalized spacial score (nSPS) is 21.8. The second-order valence-electron chi connectivity index (χ2n) is 5.61. The van der Waals surface area contributed by atoms with Crippen molar-refractivity contribution in [1.29, 1.82) is 0 Å². The Morgan fingerprint density at radius 1 is 1.00 bits per heavy atom. The fraction of sp³-hybridized carbons (Fsp3) is 0.714. The van der Waals surface area contributed by atoms with Crippen LogP contribution in [0.3, 0.4) is 0 Å². The first kappa shape index (κ1) is 12.4. The van der Waals surface area contributed by atoms with Gasteiger partial charge in [0.25, 0.3) is 5.56 Å². The zero-order valence-corrected chi connectivity index (χ0v) is 12.1. The summed E-state index contributed by atoms with van der Waals surface area (Å²) in [4.78, 5) is 19.8. The van der Waals surface area contributed by atoms with Crippen LogP contribution in [0.25, 0.3) is 0 Å². The summed E-state index contributed by atoms with van der Waals surface area (Å²) in [7, 11) is 0. The Morgan fingerprint density at radius 2 is 1.56 bits per heavy atom. The van der Waals surface area contributed by atoms with Crippen molar-refractivity contribution in [2.24, 2.45) is 0 Å². The minimum atomic E-state index is 0.00815. The second kappa shape index (κ2) is 5.16. The van der Waals surface area contributed by atoms with E-state index in [1.54, 1.807) is 0 Å². The Balaban J connectivity index is 1.98. The van der Waals surface area contributed by atoms with Crippen molar-refractivity contribution in [3.8, 4) is 0 Å². The molecule has 0 bridgehead atoms. The Labute approximate surface area is 116 Å². The van der Waals surface area contributed by atoms with Gasteiger partial charge in [-0.05, 0) is 41.6 Å². The Morgan fingerprint density at radius 3 is 2.17 bits per heavy atom. The van der Waals surface area contributed by atoms with Gasteiger partial charge < -0.3 is 4.98 Å². The average Bonchev–Trinajstić information content (AvgIpc) is 3.03. The first-order chi connectivity index (χ1) is 8.75. The molecule has 2 aliphatic carbocycles. The van der Waals surface area contributed by atoms with Crippen LogP contribution in [0.5, 0.6) is 0 Å². The zero-order valence-electron chi connectivity index (χ0n) is 10.5. The highest BCUT2D eigenvalue weighted by Crippen LogP contribution is 2.37. The third-order valence-electron chi connectivity index (χ3n) is 4.39. The van der Waals surface area contributed by atoms with E-state index >= 15 is 0 Å². The van der Waals surface area contributed by atoms with E-state index in [1.165, 1.54) is 51.4 Å². The van der Waals surface area contributed by atoms with Gasteiger partial charge in [0.05, 0.1) is 5.69 Å². The van der Waals surface area contributed by atoms with Crippen molar-refractivity contribution >= 4 is 15.9 Å². The van der Waals surface area contributed by atoms with Crippen LogP contribution in [0.1, 0.15) is 74.7 Å². The topological polar surface area (TPSA) is 45.8 Å². The van der Waals surface area contributed by atoms with Crippen molar-refractivity contribution < 1.29 is 0 Å². The summed E-state index contributed by atoms with van der Waals surface area (Å²) in [6.45, 7) is 0. The number of hydrogen-bond donors (Lipinski definition) is 1. The molecule has 1 aromatic rings. The molecule has 1 heterocycles. The molecule has 3 rings (SSSR count). The summed E-state index contributed by atoms with van der Waals surface area (Å²) in [5.41, 5.74) is 1.02. The lowest BCUT2D eigenvalue weighted by molar-refractivity contribution is 0.625. The summed E-state index contributed by atoms with van der Waals surface area (Å²) in [6.07, 6.45) is 9.78. The fourth-order valence-electron chi connectivity index (χ4n) is 3.36. The fourth-order valence-corrected chi connectivity index (χ4v) is 3.87. The van der Waals surface area contributed by atoms with E-state index in [0.717, 1.165) is 11.5 Å². The van der Waals surface area contributed by atoms with Crippen LogP contribution in [0.15, 0.2) is 9.27 Å². The highest BCUT2D eigenvalue weighted by molar-refractivity contribution is 9.10. The van der Waals surface area contributed by atoms with Gasteiger partial charge in [-0.25, -0.2) is 4.98 Å². The molecule has 2 saturated carbocycles. The summed E-state index contributed by atoms with van der Waals surface area (Å²) >= 11 is 3.43. The van der Waals surface area contributed by atoms with Gasteiger partial charge in [0.15, 0.2) is 0 Å². The molecule has 0 aliphatic heterocycles. The molecule has 1 aromatic heterocycles. The smallest absolute Gasteiger partial charge is 0.265 e. The molecule has 2 aliphatic rings. The molecule has 0 saturated heterocycles. The summed E-state index contributed by atoms with van der Waals surface area (Å²) in [6, 6.07) is 0. The lowest BCUT2D eigenvalue weighted by atomic mass is 10.0. The SMILES string of the molecule is O=c1[nH]c(C2CCCC2)nc(C2CCCC2)c1Br. The standard InChI is InChI=1S/C14H19BrN2O/c15-11-12(9-5-1-2-6-9)16-13(17-14(11)18)10-7-3-4-8-10/h9-10H,1-8H2,(H,16,17,18). The molecule has 1 N–H and O–H groups in total. The van der Waals surface area contributed by atoms with Crippen molar-refractivity contribution in [2.75, 3.05) is 0 Å². The van der Waals surface area contributed by atoms with E-state index < -0.39 is 0 Å². The number of hydrogen-bond acceptors (Lipinski definition) is 2. The maximum Gasteiger partial charge on any atom is 0.265 e. The van der Waals surface area contributed by atoms with E-state index in [9.17, 15) is 4.79 Å². The van der Waals surface area contributed by atoms with Gasteiger partial charge in [-0.3, -0.25) is 4.79 Å². The van der Waals surface area contributed by atoms with E-state index in [-0.39, 0.29) is 5.56 Å². The Kier molecular flexibility index (Phi) is 3.55. The quantitative estimate of drug-likeness (QED) is 0.902. The molecular formula is C14H19BrN2O. The van der Waals surface area contributed by atoms with E-state index in [2.05, 4.69) is 20.9 Å². The summed E-state index contributed by atoms with van der Waals surface area (Å²) in [5, 5.41) is 0. The number of aromatic amines is 1. The Hall–Kier alpha value is -0.640. The van der Waals surface area contributed by atoms with Crippen LogP contribution >= 0.6 is 15.9 Å². The van der Waals surface area contributed by atoms with Gasteiger partial charge >= 0.3 is 0 Å². The van der Waals surface area contributed by atoms with Crippen LogP contribution in [-0.2, 0) is 0 Å². The average molecular weight is 311 g/mol. The molecule has 0 radical (unpaired) electrons. The maximum atomic E-state index is 12.0. The van der Waals surface area contributed by atoms with Gasteiger partial charge in [-0.1, -0.05) is 25.7 Å². The van der Waals surface area contributed by atoms with Crippen LogP contribution < -0.4 is 5.56 Å². The van der Waals surface area contributed by atoms with Gasteiger partial charge in [0.2, 0.25) is 0 Å². The first-order valence-electron chi connectivity index (χ1n) is 7.05. The van der Waals surface area contributed by atoms with Crippen LogP contribution in [-0.4, -0.2) is 9.97 Å². The maximum absolute atomic E-state index is 12.0. The summed E-state index contributed by atoms with van der Waals surface area (Å²) in [5.74, 6) is 1.90. The number of nitrogens with zero attached hydrogens (tertiary/aromatic N) is 1. The van der Waals surface area contributed by atoms with Gasteiger partial charge in [-0.15, -0.1) is 0 Å².